The number of thioether (sulfide) groups is 1. The van der Waals surface area contributed by atoms with Crippen LogP contribution in [0.2, 0.25) is 0 Å². The summed E-state index contributed by atoms with van der Waals surface area (Å²) < 4.78 is 4.97. The second kappa shape index (κ2) is 8.20. The number of thiazole rings is 1. The molecule has 8 heteroatoms. The quantitative estimate of drug-likeness (QED) is 0.262. The van der Waals surface area contributed by atoms with Gasteiger partial charge in [-0.25, -0.2) is 4.98 Å². The molecule has 0 saturated carbocycles. The predicted molar refractivity (Wildman–Crippen MR) is 123 cm³/mol. The highest BCUT2D eigenvalue weighted by molar-refractivity contribution is 7.98. The van der Waals surface area contributed by atoms with E-state index in [9.17, 15) is 4.79 Å². The van der Waals surface area contributed by atoms with Gasteiger partial charge in [-0.2, -0.15) is 0 Å². The normalized spacial score (nSPS) is 11.8. The Morgan fingerprint density at radius 1 is 1.03 bits per heavy atom. The van der Waals surface area contributed by atoms with Crippen LogP contribution in [-0.4, -0.2) is 24.1 Å². The van der Waals surface area contributed by atoms with Gasteiger partial charge in [0.1, 0.15) is 5.01 Å². The lowest BCUT2D eigenvalue weighted by Gasteiger charge is -2.10. The summed E-state index contributed by atoms with van der Waals surface area (Å²) >= 11 is 3.31. The van der Waals surface area contributed by atoms with Crippen molar-refractivity contribution in [3.8, 4) is 0 Å². The summed E-state index contributed by atoms with van der Waals surface area (Å²) in [5.41, 5.74) is 1.88. The van der Waals surface area contributed by atoms with Crippen molar-refractivity contribution >= 4 is 50.0 Å². The summed E-state index contributed by atoms with van der Waals surface area (Å²) in [7, 11) is 0. The molecule has 0 N–H and O–H groups in total. The van der Waals surface area contributed by atoms with Gasteiger partial charge in [-0.15, -0.1) is 21.5 Å². The minimum absolute atomic E-state index is 0.00401. The van der Waals surface area contributed by atoms with Gasteiger partial charge >= 0.3 is 0 Å². The van der Waals surface area contributed by atoms with Crippen molar-refractivity contribution in [3.05, 3.63) is 63.9 Å². The second-order valence-corrected chi connectivity index (χ2v) is 9.22. The fourth-order valence-corrected chi connectivity index (χ4v) is 5.56. The fraction of sp³-hybridized carbons (Fsp3) is 0.273. The molecule has 0 aliphatic heterocycles. The summed E-state index contributed by atoms with van der Waals surface area (Å²) in [5.74, 6) is 1.32. The van der Waals surface area contributed by atoms with Gasteiger partial charge in [0.2, 0.25) is 5.78 Å². The summed E-state index contributed by atoms with van der Waals surface area (Å²) in [5, 5.41) is 11.4. The Hall–Kier alpha value is -2.71. The number of nitrogens with zero attached hydrogens (tertiary/aromatic N) is 5. The molecule has 2 aromatic carbocycles. The number of aromatic nitrogens is 5. The molecule has 0 saturated heterocycles. The molecule has 3 aromatic heterocycles. The molecule has 0 radical (unpaired) electrons. The highest BCUT2D eigenvalue weighted by Crippen LogP contribution is 2.29. The molecule has 5 aromatic rings. The van der Waals surface area contributed by atoms with Gasteiger partial charge < -0.3 is 0 Å². The van der Waals surface area contributed by atoms with Crippen LogP contribution in [0.15, 0.2) is 58.5 Å². The van der Waals surface area contributed by atoms with Crippen LogP contribution in [0.3, 0.4) is 0 Å². The van der Waals surface area contributed by atoms with Crippen molar-refractivity contribution < 1.29 is 0 Å². The van der Waals surface area contributed by atoms with Gasteiger partial charge in [0.25, 0.3) is 5.56 Å². The van der Waals surface area contributed by atoms with Crippen LogP contribution in [0, 0.1) is 0 Å². The number of benzene rings is 2. The van der Waals surface area contributed by atoms with E-state index in [1.165, 1.54) is 4.70 Å². The lowest BCUT2D eigenvalue weighted by Crippen LogP contribution is -2.23. The Bertz CT molecular complexity index is 1370. The van der Waals surface area contributed by atoms with E-state index in [1.54, 1.807) is 27.7 Å². The minimum atomic E-state index is 0.00401. The van der Waals surface area contributed by atoms with Crippen LogP contribution >= 0.6 is 23.1 Å². The van der Waals surface area contributed by atoms with E-state index in [2.05, 4.69) is 23.2 Å². The molecule has 3 heterocycles. The molecule has 152 valence electrons. The summed E-state index contributed by atoms with van der Waals surface area (Å²) in [6, 6.07) is 15.9. The van der Waals surface area contributed by atoms with E-state index in [1.807, 2.05) is 46.9 Å². The number of rotatable bonds is 7. The predicted octanol–water partition coefficient (Wildman–Crippen LogP) is 5.14. The van der Waals surface area contributed by atoms with Crippen LogP contribution in [0.4, 0.5) is 0 Å². The Kier molecular flexibility index (Phi) is 5.26. The van der Waals surface area contributed by atoms with Crippen LogP contribution in [0.25, 0.3) is 26.9 Å². The van der Waals surface area contributed by atoms with Gasteiger partial charge in [0, 0.05) is 6.54 Å². The first-order valence-electron chi connectivity index (χ1n) is 10.1. The van der Waals surface area contributed by atoms with E-state index < -0.39 is 0 Å². The average Bonchev–Trinajstić information content (AvgIpc) is 3.38. The zero-order valence-corrected chi connectivity index (χ0v) is 18.2. The van der Waals surface area contributed by atoms with Gasteiger partial charge in [-0.05, 0) is 30.7 Å². The molecule has 0 unspecified atom stereocenters. The van der Waals surface area contributed by atoms with E-state index in [4.69, 9.17) is 4.98 Å². The monoisotopic (exact) mass is 435 g/mol. The van der Waals surface area contributed by atoms with Crippen molar-refractivity contribution in [1.82, 2.24) is 24.1 Å². The maximum atomic E-state index is 13.1. The third kappa shape index (κ3) is 3.40. The molecule has 0 aliphatic carbocycles. The van der Waals surface area contributed by atoms with E-state index >= 15 is 0 Å². The van der Waals surface area contributed by atoms with Crippen molar-refractivity contribution in [2.24, 2.45) is 0 Å². The number of aryl methyl sites for hydroxylation is 1. The summed E-state index contributed by atoms with van der Waals surface area (Å²) in [4.78, 5) is 17.8. The van der Waals surface area contributed by atoms with Gasteiger partial charge in [-0.3, -0.25) is 13.8 Å². The summed E-state index contributed by atoms with van der Waals surface area (Å²) in [6.45, 7) is 2.81. The van der Waals surface area contributed by atoms with Gasteiger partial charge in [-0.1, -0.05) is 55.8 Å². The zero-order valence-electron chi connectivity index (χ0n) is 16.6. The van der Waals surface area contributed by atoms with Crippen molar-refractivity contribution in [3.63, 3.8) is 0 Å². The smallest absolute Gasteiger partial charge is 0.262 e. The molecule has 0 fully saturated rings. The van der Waals surface area contributed by atoms with Crippen LogP contribution in [0.5, 0.6) is 0 Å². The molecule has 0 atom stereocenters. The van der Waals surface area contributed by atoms with E-state index in [-0.39, 0.29) is 5.56 Å². The maximum Gasteiger partial charge on any atom is 0.262 e. The zero-order chi connectivity index (χ0) is 20.5. The maximum absolute atomic E-state index is 13.1. The van der Waals surface area contributed by atoms with Crippen LogP contribution in [0.1, 0.15) is 31.2 Å². The molecule has 0 aliphatic rings. The second-order valence-electron chi connectivity index (χ2n) is 7.16. The number of hydrogen-bond acceptors (Lipinski definition) is 6. The minimum Gasteiger partial charge on any atom is -0.276 e. The van der Waals surface area contributed by atoms with E-state index in [0.717, 1.165) is 40.5 Å². The lowest BCUT2D eigenvalue weighted by molar-refractivity contribution is 0.594. The molecule has 0 bridgehead atoms. The Labute approximate surface area is 181 Å². The van der Waals surface area contributed by atoms with Crippen molar-refractivity contribution in [2.45, 2.75) is 43.6 Å². The lowest BCUT2D eigenvalue weighted by atomic mass is 10.2. The van der Waals surface area contributed by atoms with Crippen LogP contribution in [-0.2, 0) is 12.3 Å². The topological polar surface area (TPSA) is 65.1 Å². The molecular formula is C22H21N5OS2. The third-order valence-corrected chi connectivity index (χ3v) is 7.29. The molecule has 30 heavy (non-hydrogen) atoms. The van der Waals surface area contributed by atoms with Gasteiger partial charge in [0.15, 0.2) is 5.16 Å². The first-order chi connectivity index (χ1) is 14.8. The molecule has 5 rings (SSSR count). The third-order valence-electron chi connectivity index (χ3n) is 5.13. The standard InChI is InChI=1S/C22H21N5OS2/c1-2-3-8-13-26-20(28)15-9-4-6-11-17(15)27-21(26)24-25-22(27)29-14-19-23-16-10-5-7-12-18(16)30-19/h4-7,9-12H,2-3,8,13-14H2,1H3. The number of unbranched alkanes of at least 4 members (excludes halogenated alkanes) is 2. The molecule has 0 amide bonds. The largest absolute Gasteiger partial charge is 0.276 e. The SMILES string of the molecule is CCCCCn1c(=O)c2ccccc2n2c(SCc3nc4ccccc4s3)nnc12. The first kappa shape index (κ1) is 19.3. The number of para-hydroxylation sites is 2. The number of fused-ring (bicyclic) bond motifs is 4. The Morgan fingerprint density at radius 3 is 2.73 bits per heavy atom. The molecule has 6 nitrogen and oxygen atoms in total. The first-order valence-corrected chi connectivity index (χ1v) is 11.9. The van der Waals surface area contributed by atoms with E-state index in [0.29, 0.717) is 23.5 Å². The highest BCUT2D eigenvalue weighted by Gasteiger charge is 2.17. The Balaban J connectivity index is 1.56. The van der Waals surface area contributed by atoms with Crippen LogP contribution < -0.4 is 5.56 Å². The highest BCUT2D eigenvalue weighted by atomic mass is 32.2. The molecular weight excluding hydrogens is 414 g/mol. The van der Waals surface area contributed by atoms with Gasteiger partial charge in [0.05, 0.1) is 26.9 Å². The van der Waals surface area contributed by atoms with Crippen molar-refractivity contribution in [2.75, 3.05) is 0 Å². The number of hydrogen-bond donors (Lipinski definition) is 0. The fourth-order valence-electron chi connectivity index (χ4n) is 3.66. The molecule has 0 spiro atoms. The average molecular weight is 436 g/mol. The van der Waals surface area contributed by atoms with Crippen molar-refractivity contribution in [1.29, 1.82) is 0 Å². The summed E-state index contributed by atoms with van der Waals surface area (Å²) in [6.07, 6.45) is 3.14. The Morgan fingerprint density at radius 2 is 1.87 bits per heavy atom.